The zero-order chi connectivity index (χ0) is 5.11. The van der Waals surface area contributed by atoms with Crippen molar-refractivity contribution in [2.75, 3.05) is 13.4 Å². The van der Waals surface area contributed by atoms with Crippen molar-refractivity contribution in [3.8, 4) is 0 Å². The minimum atomic E-state index is 0.606. The van der Waals surface area contributed by atoms with Crippen LogP contribution in [0.2, 0.25) is 0 Å². The van der Waals surface area contributed by atoms with E-state index in [1.165, 1.54) is 0 Å². The topological polar surface area (TPSA) is 33.6 Å². The normalized spacial score (nSPS) is 20.4. The molecule has 0 saturated heterocycles. The Morgan fingerprint density at radius 2 is 2.71 bits per heavy atom. The van der Waals surface area contributed by atoms with E-state index in [4.69, 9.17) is 4.74 Å². The monoisotopic (exact) mass is 100 g/mol. The van der Waals surface area contributed by atoms with E-state index in [9.17, 15) is 0 Å². The Kier molecular flexibility index (Phi) is 1.26. The Labute approximate surface area is 42.4 Å². The van der Waals surface area contributed by atoms with Gasteiger partial charge in [-0.1, -0.05) is 0 Å². The zero-order valence-electron chi connectivity index (χ0n) is 4.27. The van der Waals surface area contributed by atoms with Crippen LogP contribution in [-0.2, 0) is 4.74 Å². The Balaban J connectivity index is 2.40. The molecule has 0 unspecified atom stereocenters. The van der Waals surface area contributed by atoms with Gasteiger partial charge in [0.05, 0.1) is 6.67 Å². The van der Waals surface area contributed by atoms with Gasteiger partial charge in [0.25, 0.3) is 0 Å². The van der Waals surface area contributed by atoms with E-state index in [0.29, 0.717) is 13.4 Å². The molecule has 0 aromatic heterocycles. The molecule has 0 amide bonds. The number of aliphatic imine (C=N–C) groups is 1. The largest absolute Gasteiger partial charge is 0.466 e. The molecule has 0 spiro atoms. The number of nitrogens with one attached hydrogen (secondary N) is 1. The summed E-state index contributed by atoms with van der Waals surface area (Å²) in [6, 6.07) is 0. The van der Waals surface area contributed by atoms with Crippen molar-refractivity contribution in [2.24, 2.45) is 4.99 Å². The summed E-state index contributed by atoms with van der Waals surface area (Å²) >= 11 is 0. The fourth-order valence-corrected chi connectivity index (χ4v) is 0.414. The van der Waals surface area contributed by atoms with Gasteiger partial charge in [-0.3, -0.25) is 5.32 Å². The van der Waals surface area contributed by atoms with Crippen molar-refractivity contribution in [1.82, 2.24) is 5.32 Å². The highest BCUT2D eigenvalue weighted by molar-refractivity contribution is 5.73. The van der Waals surface area contributed by atoms with E-state index in [0.717, 1.165) is 5.90 Å². The van der Waals surface area contributed by atoms with Gasteiger partial charge < -0.3 is 4.74 Å². The molecule has 3 nitrogen and oxygen atoms in total. The Bertz CT molecular complexity index is 89.7. The molecule has 0 aromatic carbocycles. The van der Waals surface area contributed by atoms with Crippen molar-refractivity contribution in [3.63, 3.8) is 0 Å². The lowest BCUT2D eigenvalue weighted by molar-refractivity contribution is 0.251. The first kappa shape index (κ1) is 4.59. The first-order valence-electron chi connectivity index (χ1n) is 2.24. The fraction of sp³-hybridized carbons (Fsp3) is 0.750. The average molecular weight is 100 g/mol. The maximum atomic E-state index is 4.92. The molecule has 1 N–H and O–H groups in total. The van der Waals surface area contributed by atoms with Crippen LogP contribution in [0.25, 0.3) is 0 Å². The highest BCUT2D eigenvalue weighted by atomic mass is 16.5. The second-order valence-electron chi connectivity index (χ2n) is 1.37. The lowest BCUT2D eigenvalue weighted by Crippen LogP contribution is -2.25. The minimum absolute atomic E-state index is 0.606. The van der Waals surface area contributed by atoms with Crippen LogP contribution in [-0.4, -0.2) is 19.3 Å². The van der Waals surface area contributed by atoms with Crippen LogP contribution in [0, 0.1) is 0 Å². The smallest absolute Gasteiger partial charge is 0.183 e. The Hall–Kier alpha value is -0.570. The molecular formula is C4H8N2O. The van der Waals surface area contributed by atoms with E-state index in [1.807, 2.05) is 6.92 Å². The summed E-state index contributed by atoms with van der Waals surface area (Å²) < 4.78 is 4.92. The van der Waals surface area contributed by atoms with Crippen LogP contribution in [0.15, 0.2) is 4.99 Å². The lowest BCUT2D eigenvalue weighted by Gasteiger charge is -2.10. The maximum Gasteiger partial charge on any atom is 0.183 e. The third kappa shape index (κ3) is 1.16. The number of rotatable bonds is 0. The second-order valence-corrected chi connectivity index (χ2v) is 1.37. The Morgan fingerprint density at radius 3 is 3.00 bits per heavy atom. The molecule has 0 bridgehead atoms. The van der Waals surface area contributed by atoms with E-state index in [2.05, 4.69) is 10.3 Å². The van der Waals surface area contributed by atoms with Crippen molar-refractivity contribution >= 4 is 5.90 Å². The molecule has 1 heterocycles. The first-order chi connectivity index (χ1) is 3.39. The van der Waals surface area contributed by atoms with Crippen molar-refractivity contribution in [2.45, 2.75) is 6.92 Å². The highest BCUT2D eigenvalue weighted by Crippen LogP contribution is 1.83. The summed E-state index contributed by atoms with van der Waals surface area (Å²) in [5.41, 5.74) is 0. The molecule has 1 aliphatic heterocycles. The standard InChI is InChI=1S/C4H8N2O/c1-4-6-2-5-3-7-4/h5H,2-3H2,1H3. The molecule has 0 fully saturated rings. The van der Waals surface area contributed by atoms with Crippen LogP contribution < -0.4 is 5.32 Å². The van der Waals surface area contributed by atoms with E-state index in [-0.39, 0.29) is 0 Å². The van der Waals surface area contributed by atoms with E-state index >= 15 is 0 Å². The number of hydrogen-bond acceptors (Lipinski definition) is 3. The third-order valence-corrected chi connectivity index (χ3v) is 0.797. The minimum Gasteiger partial charge on any atom is -0.466 e. The molecule has 3 heteroatoms. The highest BCUT2D eigenvalue weighted by Gasteiger charge is 1.94. The molecule has 40 valence electrons. The van der Waals surface area contributed by atoms with Gasteiger partial charge >= 0.3 is 0 Å². The SMILES string of the molecule is CC1=NCNCO1. The Morgan fingerprint density at radius 1 is 1.86 bits per heavy atom. The summed E-state index contributed by atoms with van der Waals surface area (Å²) in [6.07, 6.45) is 0. The van der Waals surface area contributed by atoms with Crippen molar-refractivity contribution in [3.05, 3.63) is 0 Å². The van der Waals surface area contributed by atoms with Gasteiger partial charge in [0.2, 0.25) is 0 Å². The van der Waals surface area contributed by atoms with Gasteiger partial charge in [0, 0.05) is 6.92 Å². The van der Waals surface area contributed by atoms with E-state index < -0.39 is 0 Å². The molecule has 0 aliphatic carbocycles. The van der Waals surface area contributed by atoms with Gasteiger partial charge in [-0.2, -0.15) is 0 Å². The molecule has 0 radical (unpaired) electrons. The zero-order valence-corrected chi connectivity index (χ0v) is 4.27. The summed E-state index contributed by atoms with van der Waals surface area (Å²) in [7, 11) is 0. The summed E-state index contributed by atoms with van der Waals surface area (Å²) in [4.78, 5) is 3.91. The summed E-state index contributed by atoms with van der Waals surface area (Å²) in [5, 5.41) is 2.91. The van der Waals surface area contributed by atoms with Crippen molar-refractivity contribution in [1.29, 1.82) is 0 Å². The molecule has 0 saturated carbocycles. The molecule has 1 aliphatic rings. The van der Waals surface area contributed by atoms with Crippen LogP contribution in [0.5, 0.6) is 0 Å². The fourth-order valence-electron chi connectivity index (χ4n) is 0.414. The molecule has 0 atom stereocenters. The van der Waals surface area contributed by atoms with Gasteiger partial charge in [-0.05, 0) is 0 Å². The first-order valence-corrected chi connectivity index (χ1v) is 2.24. The van der Waals surface area contributed by atoms with Gasteiger partial charge in [-0.25, -0.2) is 4.99 Å². The summed E-state index contributed by atoms with van der Waals surface area (Å²) in [6.45, 7) is 3.15. The number of ether oxygens (including phenoxy) is 1. The predicted octanol–water partition coefficient (Wildman–Crippen LogP) is -0.0604. The molecule has 0 aromatic rings. The predicted molar refractivity (Wildman–Crippen MR) is 27.1 cm³/mol. The lowest BCUT2D eigenvalue weighted by atomic mass is 10.7. The number of hydrogen-bond donors (Lipinski definition) is 1. The second kappa shape index (κ2) is 1.93. The molecular weight excluding hydrogens is 92.1 g/mol. The number of nitrogens with zero attached hydrogens (tertiary/aromatic N) is 1. The van der Waals surface area contributed by atoms with Crippen LogP contribution in [0.3, 0.4) is 0 Å². The van der Waals surface area contributed by atoms with Gasteiger partial charge in [0.15, 0.2) is 5.90 Å². The third-order valence-electron chi connectivity index (χ3n) is 0.797. The van der Waals surface area contributed by atoms with E-state index in [1.54, 1.807) is 0 Å². The maximum absolute atomic E-state index is 4.92. The molecule has 1 rings (SSSR count). The molecule has 7 heavy (non-hydrogen) atoms. The average Bonchev–Trinajstić information content (AvgIpc) is 1.69. The van der Waals surface area contributed by atoms with Crippen LogP contribution in [0.4, 0.5) is 0 Å². The van der Waals surface area contributed by atoms with Gasteiger partial charge in [0.1, 0.15) is 6.73 Å². The quantitative estimate of drug-likeness (QED) is 0.462. The van der Waals surface area contributed by atoms with Crippen molar-refractivity contribution < 1.29 is 4.74 Å². The van der Waals surface area contributed by atoms with Gasteiger partial charge in [-0.15, -0.1) is 0 Å². The van der Waals surface area contributed by atoms with Crippen LogP contribution >= 0.6 is 0 Å². The summed E-state index contributed by atoms with van der Waals surface area (Å²) in [5.74, 6) is 0.777. The van der Waals surface area contributed by atoms with Crippen LogP contribution in [0.1, 0.15) is 6.92 Å².